The zero-order chi connectivity index (χ0) is 15.4. The number of hydrogen-bond donors (Lipinski definition) is 1. The maximum absolute atomic E-state index is 12.2. The Labute approximate surface area is 129 Å². The number of thiophene rings is 1. The molecule has 1 N–H and O–H groups in total. The number of hydrogen-bond acceptors (Lipinski definition) is 3. The van der Waals surface area contributed by atoms with E-state index in [1.54, 1.807) is 11.3 Å². The van der Waals surface area contributed by atoms with Gasteiger partial charge in [-0.3, -0.25) is 9.59 Å². The van der Waals surface area contributed by atoms with Crippen molar-refractivity contribution in [3.8, 4) is 0 Å². The predicted molar refractivity (Wildman–Crippen MR) is 83.5 cm³/mol. The van der Waals surface area contributed by atoms with Gasteiger partial charge in [0.2, 0.25) is 5.91 Å². The third-order valence-corrected chi connectivity index (χ3v) is 5.25. The number of rotatable bonds is 5. The summed E-state index contributed by atoms with van der Waals surface area (Å²) in [5.41, 5.74) is 0. The van der Waals surface area contributed by atoms with Crippen LogP contribution in [0.15, 0.2) is 12.1 Å². The first-order valence-electron chi connectivity index (χ1n) is 7.53. The lowest BCUT2D eigenvalue weighted by Gasteiger charge is -2.35. The fourth-order valence-electron chi connectivity index (χ4n) is 2.93. The van der Waals surface area contributed by atoms with Gasteiger partial charge in [0.15, 0.2) is 0 Å². The smallest absolute Gasteiger partial charge is 0.306 e. The second-order valence-electron chi connectivity index (χ2n) is 5.92. The minimum absolute atomic E-state index is 0.0418. The number of piperidine rings is 1. The molecule has 1 aliphatic rings. The molecular weight excluding hydrogens is 286 g/mol. The van der Waals surface area contributed by atoms with Crippen molar-refractivity contribution in [3.63, 3.8) is 0 Å². The summed E-state index contributed by atoms with van der Waals surface area (Å²) in [4.78, 5) is 27.7. The van der Waals surface area contributed by atoms with Crippen LogP contribution in [0, 0.1) is 18.8 Å². The average molecular weight is 309 g/mol. The van der Waals surface area contributed by atoms with Gasteiger partial charge in [-0.15, -0.1) is 11.3 Å². The standard InChI is InChI=1S/C16H23NO3S/c1-11-10-17(9-8-14(11)16(19)20)15(18)5-3-4-13-7-6-12(2)21-13/h6-7,11,14H,3-5,8-10H2,1-2H3,(H,19,20). The summed E-state index contributed by atoms with van der Waals surface area (Å²) in [6, 6.07) is 4.24. The van der Waals surface area contributed by atoms with Crippen molar-refractivity contribution in [3.05, 3.63) is 21.9 Å². The number of aryl methyl sites for hydroxylation is 2. The highest BCUT2D eigenvalue weighted by Crippen LogP contribution is 2.24. The van der Waals surface area contributed by atoms with Crippen molar-refractivity contribution < 1.29 is 14.7 Å². The van der Waals surface area contributed by atoms with Crippen LogP contribution in [0.1, 0.15) is 35.9 Å². The second kappa shape index (κ2) is 7.07. The highest BCUT2D eigenvalue weighted by molar-refractivity contribution is 7.11. The molecule has 5 heteroatoms. The number of carbonyl (C=O) groups is 2. The quantitative estimate of drug-likeness (QED) is 0.910. The van der Waals surface area contributed by atoms with E-state index >= 15 is 0 Å². The summed E-state index contributed by atoms with van der Waals surface area (Å²) in [5.74, 6) is -0.829. The zero-order valence-electron chi connectivity index (χ0n) is 12.7. The molecule has 0 aromatic carbocycles. The van der Waals surface area contributed by atoms with Crippen LogP contribution in [0.5, 0.6) is 0 Å². The second-order valence-corrected chi connectivity index (χ2v) is 7.29. The zero-order valence-corrected chi connectivity index (χ0v) is 13.5. The maximum atomic E-state index is 12.2. The number of likely N-dealkylation sites (tertiary alicyclic amines) is 1. The molecule has 21 heavy (non-hydrogen) atoms. The largest absolute Gasteiger partial charge is 0.481 e. The molecule has 1 saturated heterocycles. The molecule has 1 aliphatic heterocycles. The normalized spacial score (nSPS) is 22.3. The number of amides is 1. The van der Waals surface area contributed by atoms with E-state index in [2.05, 4.69) is 19.1 Å². The molecule has 1 aromatic heterocycles. The van der Waals surface area contributed by atoms with E-state index in [1.807, 2.05) is 11.8 Å². The fraction of sp³-hybridized carbons (Fsp3) is 0.625. The maximum Gasteiger partial charge on any atom is 0.306 e. The van der Waals surface area contributed by atoms with Crippen molar-refractivity contribution in [2.75, 3.05) is 13.1 Å². The summed E-state index contributed by atoms with van der Waals surface area (Å²) in [7, 11) is 0. The van der Waals surface area contributed by atoms with Crippen molar-refractivity contribution >= 4 is 23.2 Å². The van der Waals surface area contributed by atoms with E-state index in [0.717, 1.165) is 12.8 Å². The van der Waals surface area contributed by atoms with Crippen LogP contribution < -0.4 is 0 Å². The molecule has 1 amide bonds. The summed E-state index contributed by atoms with van der Waals surface area (Å²) in [6.45, 7) is 5.17. The average Bonchev–Trinajstić information content (AvgIpc) is 2.83. The lowest BCUT2D eigenvalue weighted by Crippen LogP contribution is -2.44. The Morgan fingerprint density at radius 3 is 2.76 bits per heavy atom. The van der Waals surface area contributed by atoms with Gasteiger partial charge in [0.1, 0.15) is 0 Å². The van der Waals surface area contributed by atoms with Crippen LogP contribution in [0.2, 0.25) is 0 Å². The number of carboxylic acids is 1. The third-order valence-electron chi connectivity index (χ3n) is 4.19. The number of carboxylic acid groups (broad SMARTS) is 1. The Morgan fingerprint density at radius 1 is 1.43 bits per heavy atom. The van der Waals surface area contributed by atoms with Crippen molar-refractivity contribution in [2.24, 2.45) is 11.8 Å². The topological polar surface area (TPSA) is 57.6 Å². The summed E-state index contributed by atoms with van der Waals surface area (Å²) in [5, 5.41) is 9.10. The van der Waals surface area contributed by atoms with Gasteiger partial charge in [-0.1, -0.05) is 6.92 Å². The fourth-order valence-corrected chi connectivity index (χ4v) is 3.86. The van der Waals surface area contributed by atoms with Gasteiger partial charge in [-0.05, 0) is 44.2 Å². The molecule has 116 valence electrons. The predicted octanol–water partition coefficient (Wildman–Crippen LogP) is 2.95. The van der Waals surface area contributed by atoms with E-state index in [4.69, 9.17) is 5.11 Å². The lowest BCUT2D eigenvalue weighted by molar-refractivity contribution is -0.148. The number of nitrogens with zero attached hydrogens (tertiary/aromatic N) is 1. The molecule has 2 heterocycles. The van der Waals surface area contributed by atoms with Gasteiger partial charge in [-0.2, -0.15) is 0 Å². The molecule has 2 unspecified atom stereocenters. The summed E-state index contributed by atoms with van der Waals surface area (Å²) < 4.78 is 0. The summed E-state index contributed by atoms with van der Waals surface area (Å²) in [6.07, 6.45) is 2.95. The van der Waals surface area contributed by atoms with Gasteiger partial charge >= 0.3 is 5.97 Å². The first-order chi connectivity index (χ1) is 9.97. The van der Waals surface area contributed by atoms with Crippen LogP contribution in [-0.4, -0.2) is 35.0 Å². The SMILES string of the molecule is Cc1ccc(CCCC(=O)N2CCC(C(=O)O)C(C)C2)s1. The van der Waals surface area contributed by atoms with Crippen LogP contribution in [0.25, 0.3) is 0 Å². The highest BCUT2D eigenvalue weighted by atomic mass is 32.1. The Balaban J connectivity index is 1.75. The van der Waals surface area contributed by atoms with E-state index < -0.39 is 5.97 Å². The highest BCUT2D eigenvalue weighted by Gasteiger charge is 2.32. The van der Waals surface area contributed by atoms with E-state index in [-0.39, 0.29) is 17.7 Å². The van der Waals surface area contributed by atoms with Crippen molar-refractivity contribution in [1.82, 2.24) is 4.90 Å². The first-order valence-corrected chi connectivity index (χ1v) is 8.35. The van der Waals surface area contributed by atoms with Gasteiger partial charge in [0.25, 0.3) is 0 Å². The number of aliphatic carboxylic acids is 1. The molecular formula is C16H23NO3S. The molecule has 2 atom stereocenters. The van der Waals surface area contributed by atoms with Gasteiger partial charge in [-0.25, -0.2) is 0 Å². The molecule has 0 bridgehead atoms. The van der Waals surface area contributed by atoms with Crippen molar-refractivity contribution in [1.29, 1.82) is 0 Å². The Morgan fingerprint density at radius 2 is 2.19 bits per heavy atom. The van der Waals surface area contributed by atoms with Crippen LogP contribution in [-0.2, 0) is 16.0 Å². The monoisotopic (exact) mass is 309 g/mol. The summed E-state index contributed by atoms with van der Waals surface area (Å²) >= 11 is 1.79. The Kier molecular flexibility index (Phi) is 5.39. The van der Waals surface area contributed by atoms with Crippen molar-refractivity contribution in [2.45, 2.75) is 39.5 Å². The molecule has 1 fully saturated rings. The Bertz CT molecular complexity index is 511. The molecule has 0 radical (unpaired) electrons. The third kappa shape index (κ3) is 4.30. The van der Waals surface area contributed by atoms with Crippen LogP contribution in [0.3, 0.4) is 0 Å². The molecule has 2 rings (SSSR count). The molecule has 0 saturated carbocycles. The molecule has 4 nitrogen and oxygen atoms in total. The van der Waals surface area contributed by atoms with E-state index in [0.29, 0.717) is 25.9 Å². The number of carbonyl (C=O) groups excluding carboxylic acids is 1. The van der Waals surface area contributed by atoms with E-state index in [9.17, 15) is 9.59 Å². The van der Waals surface area contributed by atoms with Gasteiger partial charge in [0, 0.05) is 29.3 Å². The molecule has 0 spiro atoms. The Hall–Kier alpha value is -1.36. The van der Waals surface area contributed by atoms with Gasteiger partial charge < -0.3 is 10.0 Å². The van der Waals surface area contributed by atoms with Crippen LogP contribution in [0.4, 0.5) is 0 Å². The molecule has 1 aromatic rings. The van der Waals surface area contributed by atoms with E-state index in [1.165, 1.54) is 9.75 Å². The lowest BCUT2D eigenvalue weighted by atomic mass is 9.87. The van der Waals surface area contributed by atoms with Gasteiger partial charge in [0.05, 0.1) is 5.92 Å². The molecule has 0 aliphatic carbocycles. The van der Waals surface area contributed by atoms with Crippen LogP contribution >= 0.6 is 11.3 Å². The first kappa shape index (κ1) is 16.0. The minimum Gasteiger partial charge on any atom is -0.481 e. The minimum atomic E-state index is -0.734.